The summed E-state index contributed by atoms with van der Waals surface area (Å²) in [5.74, 6) is 0.776. The van der Waals surface area contributed by atoms with Gasteiger partial charge in [0, 0.05) is 31.5 Å². The summed E-state index contributed by atoms with van der Waals surface area (Å²) >= 11 is 0. The lowest BCUT2D eigenvalue weighted by molar-refractivity contribution is 0.0952. The Balaban J connectivity index is 0.00000264. The zero-order valence-corrected chi connectivity index (χ0v) is 15.5. The van der Waals surface area contributed by atoms with Gasteiger partial charge in [-0.1, -0.05) is 18.2 Å². The average Bonchev–Trinajstić information content (AvgIpc) is 2.55. The van der Waals surface area contributed by atoms with Crippen LogP contribution in [0, 0.1) is 0 Å². The highest BCUT2D eigenvalue weighted by Crippen LogP contribution is 2.12. The molecular formula is C17H24Cl2N4O. The van der Waals surface area contributed by atoms with Gasteiger partial charge in [0.05, 0.1) is 5.56 Å². The van der Waals surface area contributed by atoms with Crippen molar-refractivity contribution < 1.29 is 4.79 Å². The number of nitrogens with two attached hydrogens (primary N) is 1. The van der Waals surface area contributed by atoms with Crippen molar-refractivity contribution in [1.82, 2.24) is 10.3 Å². The first-order valence-corrected chi connectivity index (χ1v) is 7.48. The third-order valence-corrected chi connectivity index (χ3v) is 3.56. The first-order chi connectivity index (χ1) is 10.7. The lowest BCUT2D eigenvalue weighted by atomic mass is 10.1. The van der Waals surface area contributed by atoms with Crippen LogP contribution >= 0.6 is 24.8 Å². The number of carbonyl (C=O) groups excluding carboxylic acids is 1. The van der Waals surface area contributed by atoms with Crippen molar-refractivity contribution in [3.63, 3.8) is 0 Å². The fourth-order valence-corrected chi connectivity index (χ4v) is 2.24. The summed E-state index contributed by atoms with van der Waals surface area (Å²) in [5.41, 5.74) is 7.73. The molecule has 0 atom stereocenters. The monoisotopic (exact) mass is 370 g/mol. The van der Waals surface area contributed by atoms with E-state index >= 15 is 0 Å². The second kappa shape index (κ2) is 10.7. The molecule has 7 heteroatoms. The zero-order valence-electron chi connectivity index (χ0n) is 13.9. The number of carbonyl (C=O) groups is 1. The number of anilines is 2. The summed E-state index contributed by atoms with van der Waals surface area (Å²) in [6, 6.07) is 11.0. The second-order valence-corrected chi connectivity index (χ2v) is 4.97. The number of rotatable bonds is 6. The number of nitrogen functional groups attached to an aromatic ring is 1. The molecule has 0 aliphatic carbocycles. The molecule has 0 unspecified atom stereocenters. The van der Waals surface area contributed by atoms with Gasteiger partial charge in [-0.15, -0.1) is 24.8 Å². The predicted molar refractivity (Wildman–Crippen MR) is 104 cm³/mol. The minimum atomic E-state index is -0.175. The number of aromatic nitrogens is 1. The van der Waals surface area contributed by atoms with Gasteiger partial charge in [-0.3, -0.25) is 4.79 Å². The summed E-state index contributed by atoms with van der Waals surface area (Å²) in [6.45, 7) is 6.48. The highest BCUT2D eigenvalue weighted by Gasteiger charge is 2.08. The van der Waals surface area contributed by atoms with Crippen molar-refractivity contribution in [2.24, 2.45) is 0 Å². The van der Waals surface area contributed by atoms with Crippen LogP contribution in [0.2, 0.25) is 0 Å². The van der Waals surface area contributed by atoms with Crippen LogP contribution in [-0.4, -0.2) is 24.0 Å². The number of hydrogen-bond acceptors (Lipinski definition) is 4. The van der Waals surface area contributed by atoms with Gasteiger partial charge in [0.2, 0.25) is 0 Å². The van der Waals surface area contributed by atoms with Crippen molar-refractivity contribution in [2.45, 2.75) is 20.4 Å². The molecule has 0 spiro atoms. The molecule has 0 saturated heterocycles. The number of para-hydroxylation sites is 1. The van der Waals surface area contributed by atoms with E-state index in [2.05, 4.69) is 29.0 Å². The van der Waals surface area contributed by atoms with Gasteiger partial charge in [0.1, 0.15) is 5.82 Å². The Kier molecular flexibility index (Phi) is 9.85. The summed E-state index contributed by atoms with van der Waals surface area (Å²) in [7, 11) is 0. The van der Waals surface area contributed by atoms with Crippen LogP contribution in [0.3, 0.4) is 0 Å². The van der Waals surface area contributed by atoms with Crippen LogP contribution in [0.15, 0.2) is 42.6 Å². The molecule has 0 radical (unpaired) electrons. The summed E-state index contributed by atoms with van der Waals surface area (Å²) in [5, 5.41) is 2.86. The van der Waals surface area contributed by atoms with Crippen molar-refractivity contribution in [3.8, 4) is 0 Å². The standard InChI is InChI=1S/C17H22N4O.2ClH/c1-3-21(4-2)16-10-9-13(11-19-16)12-20-17(22)14-7-5-6-8-15(14)18;;/h5-11H,3-4,12,18H2,1-2H3,(H,20,22);2*1H. The zero-order chi connectivity index (χ0) is 15.9. The maximum atomic E-state index is 12.1. The third-order valence-electron chi connectivity index (χ3n) is 3.56. The number of nitrogens with zero attached hydrogens (tertiary/aromatic N) is 2. The van der Waals surface area contributed by atoms with Crippen molar-refractivity contribution in [2.75, 3.05) is 23.7 Å². The van der Waals surface area contributed by atoms with Gasteiger partial charge in [-0.25, -0.2) is 4.98 Å². The van der Waals surface area contributed by atoms with E-state index in [0.717, 1.165) is 24.5 Å². The Morgan fingerprint density at radius 2 is 1.79 bits per heavy atom. The van der Waals surface area contributed by atoms with Gasteiger partial charge in [-0.05, 0) is 37.6 Å². The van der Waals surface area contributed by atoms with E-state index in [4.69, 9.17) is 5.73 Å². The van der Waals surface area contributed by atoms with Crippen LogP contribution < -0.4 is 16.0 Å². The molecule has 1 amide bonds. The first-order valence-electron chi connectivity index (χ1n) is 7.48. The molecule has 0 aliphatic rings. The largest absolute Gasteiger partial charge is 0.398 e. The molecule has 5 nitrogen and oxygen atoms in total. The van der Waals surface area contributed by atoms with E-state index in [1.165, 1.54) is 0 Å². The molecule has 1 aromatic carbocycles. The fraction of sp³-hybridized carbons (Fsp3) is 0.294. The predicted octanol–water partition coefficient (Wildman–Crippen LogP) is 3.28. The van der Waals surface area contributed by atoms with Crippen molar-refractivity contribution in [3.05, 3.63) is 53.7 Å². The molecular weight excluding hydrogens is 347 g/mol. The quantitative estimate of drug-likeness (QED) is 0.765. The molecule has 3 N–H and O–H groups in total. The number of amides is 1. The number of pyridine rings is 1. The first kappa shape index (κ1) is 22.0. The van der Waals surface area contributed by atoms with Crippen LogP contribution in [0.1, 0.15) is 29.8 Å². The molecule has 132 valence electrons. The van der Waals surface area contributed by atoms with Crippen molar-refractivity contribution >= 4 is 42.2 Å². The van der Waals surface area contributed by atoms with Crippen LogP contribution in [-0.2, 0) is 6.54 Å². The van der Waals surface area contributed by atoms with E-state index in [1.807, 2.05) is 18.2 Å². The maximum Gasteiger partial charge on any atom is 0.253 e. The number of nitrogens with one attached hydrogen (secondary N) is 1. The van der Waals surface area contributed by atoms with E-state index in [1.54, 1.807) is 24.4 Å². The minimum Gasteiger partial charge on any atom is -0.398 e. The second-order valence-electron chi connectivity index (χ2n) is 4.97. The Morgan fingerprint density at radius 1 is 1.12 bits per heavy atom. The van der Waals surface area contributed by atoms with Crippen molar-refractivity contribution in [1.29, 1.82) is 0 Å². The lowest BCUT2D eigenvalue weighted by Gasteiger charge is -2.19. The normalized spacial score (nSPS) is 9.42. The summed E-state index contributed by atoms with van der Waals surface area (Å²) < 4.78 is 0. The van der Waals surface area contributed by atoms with Gasteiger partial charge >= 0.3 is 0 Å². The molecule has 1 aromatic heterocycles. The highest BCUT2D eigenvalue weighted by molar-refractivity contribution is 5.98. The Labute approximate surface area is 155 Å². The Hall–Kier alpha value is -1.98. The molecule has 2 aromatic rings. The third kappa shape index (κ3) is 5.58. The van der Waals surface area contributed by atoms with E-state index in [0.29, 0.717) is 17.8 Å². The molecule has 1 heterocycles. The van der Waals surface area contributed by atoms with Gasteiger partial charge in [0.15, 0.2) is 0 Å². The average molecular weight is 371 g/mol. The number of halogens is 2. The molecule has 0 saturated carbocycles. The van der Waals surface area contributed by atoms with Gasteiger partial charge in [-0.2, -0.15) is 0 Å². The topological polar surface area (TPSA) is 71.2 Å². The SMILES string of the molecule is CCN(CC)c1ccc(CNC(=O)c2ccccc2N)cn1.Cl.Cl. The maximum absolute atomic E-state index is 12.1. The molecule has 0 fully saturated rings. The molecule has 0 aliphatic heterocycles. The van der Waals surface area contributed by atoms with Crippen LogP contribution in [0.4, 0.5) is 11.5 Å². The number of hydrogen-bond donors (Lipinski definition) is 2. The van der Waals surface area contributed by atoms with E-state index in [-0.39, 0.29) is 30.7 Å². The Morgan fingerprint density at radius 3 is 2.33 bits per heavy atom. The van der Waals surface area contributed by atoms with E-state index < -0.39 is 0 Å². The highest BCUT2D eigenvalue weighted by atomic mass is 35.5. The Bertz CT molecular complexity index is 631. The number of benzene rings is 1. The summed E-state index contributed by atoms with van der Waals surface area (Å²) in [4.78, 5) is 18.7. The molecule has 0 bridgehead atoms. The van der Waals surface area contributed by atoms with Gasteiger partial charge < -0.3 is 16.0 Å². The molecule has 2 rings (SSSR count). The molecule has 24 heavy (non-hydrogen) atoms. The van der Waals surface area contributed by atoms with Crippen LogP contribution in [0.5, 0.6) is 0 Å². The lowest BCUT2D eigenvalue weighted by Crippen LogP contribution is -2.24. The smallest absolute Gasteiger partial charge is 0.253 e. The van der Waals surface area contributed by atoms with Gasteiger partial charge in [0.25, 0.3) is 5.91 Å². The fourth-order valence-electron chi connectivity index (χ4n) is 2.24. The minimum absolute atomic E-state index is 0. The van der Waals surface area contributed by atoms with Crippen LogP contribution in [0.25, 0.3) is 0 Å². The summed E-state index contributed by atoms with van der Waals surface area (Å²) in [6.07, 6.45) is 1.79. The van der Waals surface area contributed by atoms with E-state index in [9.17, 15) is 4.79 Å².